The molecule has 144 valence electrons. The minimum Gasteiger partial charge on any atom is -0.350 e. The summed E-state index contributed by atoms with van der Waals surface area (Å²) in [6.07, 6.45) is -4.01. The van der Waals surface area contributed by atoms with Gasteiger partial charge < -0.3 is 5.32 Å². The number of carbonyl (C=O) groups is 1. The number of nitrogens with zero attached hydrogens (tertiary/aromatic N) is 2. The predicted octanol–water partition coefficient (Wildman–Crippen LogP) is 3.22. The lowest BCUT2D eigenvalue weighted by atomic mass is 10.1. The van der Waals surface area contributed by atoms with Crippen molar-refractivity contribution in [2.75, 3.05) is 6.54 Å². The van der Waals surface area contributed by atoms with E-state index in [1.54, 1.807) is 30.3 Å². The van der Waals surface area contributed by atoms with E-state index in [-0.39, 0.29) is 17.8 Å². The van der Waals surface area contributed by atoms with Crippen LogP contribution in [0.4, 0.5) is 13.2 Å². The first-order chi connectivity index (χ1) is 13.3. The van der Waals surface area contributed by atoms with Crippen LogP contribution in [0.2, 0.25) is 0 Å². The number of benzene rings is 2. The zero-order valence-corrected chi connectivity index (χ0v) is 14.6. The van der Waals surface area contributed by atoms with E-state index >= 15 is 0 Å². The van der Waals surface area contributed by atoms with Crippen molar-refractivity contribution in [1.29, 1.82) is 0 Å². The van der Waals surface area contributed by atoms with E-state index in [1.807, 2.05) is 0 Å². The Bertz CT molecular complexity index is 1010. The molecule has 1 aromatic heterocycles. The van der Waals surface area contributed by atoms with Crippen LogP contribution in [0.25, 0.3) is 5.69 Å². The lowest BCUT2D eigenvalue weighted by Crippen LogP contribution is -2.30. The van der Waals surface area contributed by atoms with Crippen LogP contribution in [0.5, 0.6) is 0 Å². The van der Waals surface area contributed by atoms with Gasteiger partial charge in [-0.3, -0.25) is 9.59 Å². The highest BCUT2D eigenvalue weighted by Crippen LogP contribution is 2.29. The largest absolute Gasteiger partial charge is 0.416 e. The molecule has 0 bridgehead atoms. The van der Waals surface area contributed by atoms with Gasteiger partial charge in [-0.25, -0.2) is 0 Å². The summed E-state index contributed by atoms with van der Waals surface area (Å²) in [6.45, 7) is 0.219. The Morgan fingerprint density at radius 2 is 1.64 bits per heavy atom. The molecule has 0 atom stereocenters. The maximum Gasteiger partial charge on any atom is 0.416 e. The predicted molar refractivity (Wildman–Crippen MR) is 97.3 cm³/mol. The zero-order chi connectivity index (χ0) is 20.1. The summed E-state index contributed by atoms with van der Waals surface area (Å²) in [5.74, 6) is -0.475. The number of hydrogen-bond acceptors (Lipinski definition) is 3. The van der Waals surface area contributed by atoms with Crippen LogP contribution in [-0.4, -0.2) is 22.2 Å². The molecule has 0 radical (unpaired) electrons. The third-order valence-corrected chi connectivity index (χ3v) is 4.01. The highest BCUT2D eigenvalue weighted by atomic mass is 19.4. The Hall–Kier alpha value is -3.42. The van der Waals surface area contributed by atoms with Crippen molar-refractivity contribution in [2.45, 2.75) is 12.6 Å². The summed E-state index contributed by atoms with van der Waals surface area (Å²) in [5, 5.41) is 6.73. The van der Waals surface area contributed by atoms with Crippen molar-refractivity contribution in [3.05, 3.63) is 93.9 Å². The van der Waals surface area contributed by atoms with Gasteiger partial charge in [0.25, 0.3) is 11.5 Å². The zero-order valence-electron chi connectivity index (χ0n) is 14.6. The number of nitrogens with one attached hydrogen (secondary N) is 1. The topological polar surface area (TPSA) is 64.0 Å². The van der Waals surface area contributed by atoms with Gasteiger partial charge in [0.15, 0.2) is 0 Å². The van der Waals surface area contributed by atoms with Crippen LogP contribution in [0.3, 0.4) is 0 Å². The first-order valence-corrected chi connectivity index (χ1v) is 8.45. The molecule has 28 heavy (non-hydrogen) atoms. The van der Waals surface area contributed by atoms with Gasteiger partial charge in [-0.1, -0.05) is 30.3 Å². The third kappa shape index (κ3) is 4.64. The van der Waals surface area contributed by atoms with Crippen molar-refractivity contribution in [2.24, 2.45) is 0 Å². The van der Waals surface area contributed by atoms with Gasteiger partial charge in [-0.15, -0.1) is 0 Å². The van der Waals surface area contributed by atoms with E-state index in [9.17, 15) is 22.8 Å². The molecule has 3 aromatic rings. The average Bonchev–Trinajstić information content (AvgIpc) is 2.68. The Labute approximate surface area is 158 Å². The van der Waals surface area contributed by atoms with Gasteiger partial charge in [0, 0.05) is 12.6 Å². The molecule has 0 spiro atoms. The number of rotatable bonds is 5. The molecule has 5 nitrogen and oxygen atoms in total. The fourth-order valence-corrected chi connectivity index (χ4v) is 2.56. The monoisotopic (exact) mass is 387 g/mol. The Balaban J connectivity index is 1.63. The normalized spacial score (nSPS) is 11.2. The lowest BCUT2D eigenvalue weighted by molar-refractivity contribution is -0.137. The van der Waals surface area contributed by atoms with Gasteiger partial charge in [0.05, 0.1) is 11.3 Å². The van der Waals surface area contributed by atoms with Gasteiger partial charge in [0.2, 0.25) is 0 Å². The van der Waals surface area contributed by atoms with Crippen LogP contribution in [0, 0.1) is 0 Å². The SMILES string of the molecule is O=C(NCCc1ccc(C(F)(F)F)cc1)c1ccc(=O)n(-c2ccccc2)n1. The van der Waals surface area contributed by atoms with Gasteiger partial charge in [-0.05, 0) is 42.3 Å². The molecule has 0 aliphatic carbocycles. The number of halogens is 3. The van der Waals surface area contributed by atoms with E-state index < -0.39 is 17.6 Å². The number of aromatic nitrogens is 2. The molecule has 2 aromatic carbocycles. The number of para-hydroxylation sites is 1. The number of hydrogen-bond donors (Lipinski definition) is 1. The summed E-state index contributed by atoms with van der Waals surface area (Å²) < 4.78 is 38.8. The summed E-state index contributed by atoms with van der Waals surface area (Å²) in [5.41, 5.74) is 0.179. The Morgan fingerprint density at radius 1 is 0.964 bits per heavy atom. The van der Waals surface area contributed by atoms with Crippen LogP contribution < -0.4 is 10.9 Å². The second-order valence-corrected chi connectivity index (χ2v) is 6.00. The van der Waals surface area contributed by atoms with Crippen molar-refractivity contribution < 1.29 is 18.0 Å². The first-order valence-electron chi connectivity index (χ1n) is 8.45. The molecule has 0 fully saturated rings. The minimum absolute atomic E-state index is 0.0656. The molecule has 1 N–H and O–H groups in total. The number of amides is 1. The van der Waals surface area contributed by atoms with E-state index in [1.165, 1.54) is 24.3 Å². The van der Waals surface area contributed by atoms with E-state index in [2.05, 4.69) is 10.4 Å². The number of alkyl halides is 3. The summed E-state index contributed by atoms with van der Waals surface area (Å²) in [6, 6.07) is 16.0. The Morgan fingerprint density at radius 3 is 2.29 bits per heavy atom. The van der Waals surface area contributed by atoms with E-state index in [0.717, 1.165) is 16.8 Å². The third-order valence-electron chi connectivity index (χ3n) is 4.01. The second kappa shape index (κ2) is 8.08. The van der Waals surface area contributed by atoms with Crippen LogP contribution >= 0.6 is 0 Å². The standard InChI is InChI=1S/C20H16F3N3O2/c21-20(22,23)15-8-6-14(7-9-15)12-13-24-19(28)17-10-11-18(27)26(25-17)16-4-2-1-3-5-16/h1-11H,12-13H2,(H,24,28). The molecule has 1 heterocycles. The average molecular weight is 387 g/mol. The van der Waals surface area contributed by atoms with Crippen molar-refractivity contribution >= 4 is 5.91 Å². The maximum absolute atomic E-state index is 12.6. The number of carbonyl (C=O) groups excluding carboxylic acids is 1. The minimum atomic E-state index is -4.37. The molecule has 8 heteroatoms. The highest BCUT2D eigenvalue weighted by Gasteiger charge is 2.29. The molecule has 0 unspecified atom stereocenters. The maximum atomic E-state index is 12.6. The van der Waals surface area contributed by atoms with Crippen LogP contribution in [0.15, 0.2) is 71.5 Å². The van der Waals surface area contributed by atoms with E-state index in [4.69, 9.17) is 0 Å². The van der Waals surface area contributed by atoms with Crippen molar-refractivity contribution in [1.82, 2.24) is 15.1 Å². The summed E-state index contributed by atoms with van der Waals surface area (Å²) in [7, 11) is 0. The Kier molecular flexibility index (Phi) is 5.58. The summed E-state index contributed by atoms with van der Waals surface area (Å²) in [4.78, 5) is 24.3. The van der Waals surface area contributed by atoms with Gasteiger partial charge in [-0.2, -0.15) is 23.0 Å². The van der Waals surface area contributed by atoms with Crippen molar-refractivity contribution in [3.8, 4) is 5.69 Å². The summed E-state index contributed by atoms with van der Waals surface area (Å²) >= 11 is 0. The highest BCUT2D eigenvalue weighted by molar-refractivity contribution is 5.92. The molecular formula is C20H16F3N3O2. The lowest BCUT2D eigenvalue weighted by Gasteiger charge is -2.09. The molecular weight excluding hydrogens is 371 g/mol. The molecule has 1 amide bonds. The van der Waals surface area contributed by atoms with Gasteiger partial charge >= 0.3 is 6.18 Å². The smallest absolute Gasteiger partial charge is 0.350 e. The quantitative estimate of drug-likeness (QED) is 0.731. The van der Waals surface area contributed by atoms with Crippen molar-refractivity contribution in [3.63, 3.8) is 0 Å². The van der Waals surface area contributed by atoms with Crippen LogP contribution in [-0.2, 0) is 12.6 Å². The van der Waals surface area contributed by atoms with E-state index in [0.29, 0.717) is 17.7 Å². The molecule has 3 rings (SSSR count). The fourth-order valence-electron chi connectivity index (χ4n) is 2.56. The molecule has 0 saturated carbocycles. The molecule has 0 aliphatic heterocycles. The molecule has 0 aliphatic rings. The van der Waals surface area contributed by atoms with Crippen LogP contribution in [0.1, 0.15) is 21.6 Å². The van der Waals surface area contributed by atoms with Gasteiger partial charge in [0.1, 0.15) is 5.69 Å². The first kappa shape index (κ1) is 19.3. The second-order valence-electron chi connectivity index (χ2n) is 6.00. The fraction of sp³-hybridized carbons (Fsp3) is 0.150. The molecule has 0 saturated heterocycles.